The predicted octanol–water partition coefficient (Wildman–Crippen LogP) is 5.23. The summed E-state index contributed by atoms with van der Waals surface area (Å²) in [6.07, 6.45) is -4.72. The Kier molecular flexibility index (Phi) is 9.99. The van der Waals surface area contributed by atoms with Gasteiger partial charge in [0.15, 0.2) is 0 Å². The smallest absolute Gasteiger partial charge is 0.351 e. The third kappa shape index (κ3) is 7.32. The fraction of sp³-hybridized carbons (Fsp3) is 0.484. The second-order valence-corrected chi connectivity index (χ2v) is 14.9. The molecule has 2 aromatic carbocycles. The Hall–Kier alpha value is -3.13. The number of likely N-dealkylation sites (tertiary alicyclic amines) is 1. The monoisotopic (exact) mass is 669 g/mol. The van der Waals surface area contributed by atoms with Crippen molar-refractivity contribution in [2.45, 2.75) is 63.8 Å². The maximum Gasteiger partial charge on any atom is 0.416 e. The van der Waals surface area contributed by atoms with Crippen molar-refractivity contribution in [3.8, 4) is 0 Å². The molecule has 0 bridgehead atoms. The molecular weight excluding hydrogens is 631 g/mol. The van der Waals surface area contributed by atoms with Crippen molar-refractivity contribution >= 4 is 44.3 Å². The number of alkyl halides is 3. The number of para-hydroxylation sites is 1. The van der Waals surface area contributed by atoms with Gasteiger partial charge in [-0.2, -0.15) is 17.5 Å². The molecule has 14 heteroatoms. The molecule has 1 aliphatic rings. The number of carbonyl (C=O) groups excluding carboxylic acids is 2. The number of aromatic amines is 1. The number of rotatable bonds is 10. The molecule has 1 aliphatic heterocycles. The zero-order valence-electron chi connectivity index (χ0n) is 26.1. The van der Waals surface area contributed by atoms with Gasteiger partial charge in [0.2, 0.25) is 15.9 Å². The summed E-state index contributed by atoms with van der Waals surface area (Å²) in [5, 5.41) is 3.51. The average Bonchev–Trinajstić information content (AvgIpc) is 3.40. The molecule has 0 spiro atoms. The van der Waals surface area contributed by atoms with E-state index in [-0.39, 0.29) is 42.0 Å². The zero-order valence-corrected chi connectivity index (χ0v) is 27.6. The van der Waals surface area contributed by atoms with Crippen LogP contribution in [0.3, 0.4) is 0 Å². The molecule has 2 heterocycles. The third-order valence-corrected chi connectivity index (χ3v) is 10.7. The number of benzene rings is 2. The SMILES string of the molecule is CCN(CCN(C)S(=O)(=O)c1cc(C(F)(F)F)ccc1Cl)[C@@H]1CN(C(=O)[C@@H](NC(=O)c2cc3ccccc3[nH]2)C(C)(C)C)C1C. The van der Waals surface area contributed by atoms with Crippen LogP contribution in [0.4, 0.5) is 13.2 Å². The van der Waals surface area contributed by atoms with Gasteiger partial charge in [0.25, 0.3) is 5.91 Å². The molecule has 3 atom stereocenters. The summed E-state index contributed by atoms with van der Waals surface area (Å²) in [5.41, 5.74) is -0.518. The lowest BCUT2D eigenvalue weighted by molar-refractivity contribution is -0.149. The summed E-state index contributed by atoms with van der Waals surface area (Å²) >= 11 is 6.00. The van der Waals surface area contributed by atoms with E-state index in [4.69, 9.17) is 11.6 Å². The lowest BCUT2D eigenvalue weighted by Gasteiger charge is -2.53. The van der Waals surface area contributed by atoms with Crippen molar-refractivity contribution in [3.63, 3.8) is 0 Å². The number of nitrogens with zero attached hydrogens (tertiary/aromatic N) is 3. The molecule has 3 aromatic rings. The van der Waals surface area contributed by atoms with Crippen molar-refractivity contribution in [2.24, 2.45) is 5.41 Å². The Morgan fingerprint density at radius 2 is 1.78 bits per heavy atom. The molecule has 1 fully saturated rings. The molecule has 45 heavy (non-hydrogen) atoms. The molecule has 1 unspecified atom stereocenters. The van der Waals surface area contributed by atoms with E-state index in [1.165, 1.54) is 7.05 Å². The minimum atomic E-state index is -4.72. The molecule has 0 aliphatic carbocycles. The summed E-state index contributed by atoms with van der Waals surface area (Å²) in [4.78, 5) is 33.2. The minimum absolute atomic E-state index is 0.00884. The standard InChI is InChI=1S/C31H39ClF3N5O4S/c1-7-39(15-14-38(6)45(43,44)26-17-21(31(33,34)35)12-13-22(26)32)25-18-40(19(25)2)29(42)27(30(3,4)5)37-28(41)24-16-20-10-8-9-11-23(20)36-24/h8-13,16-17,19,25,27,36H,7,14-15,18H2,1-6H3,(H,37,41)/t19?,25-,27-/m1/s1. The van der Waals surface area contributed by atoms with E-state index >= 15 is 0 Å². The fourth-order valence-corrected chi connectivity index (χ4v) is 7.17. The first-order valence-electron chi connectivity index (χ1n) is 14.6. The van der Waals surface area contributed by atoms with Crippen LogP contribution >= 0.6 is 11.6 Å². The van der Waals surface area contributed by atoms with E-state index in [1.807, 2.05) is 63.8 Å². The zero-order chi connectivity index (χ0) is 33.5. The highest BCUT2D eigenvalue weighted by Gasteiger charge is 2.46. The van der Waals surface area contributed by atoms with Gasteiger partial charge in [-0.15, -0.1) is 0 Å². The van der Waals surface area contributed by atoms with E-state index in [2.05, 4.69) is 10.3 Å². The van der Waals surface area contributed by atoms with Crippen LogP contribution in [0.5, 0.6) is 0 Å². The second-order valence-electron chi connectivity index (χ2n) is 12.4. The number of fused-ring (bicyclic) bond motifs is 1. The first-order chi connectivity index (χ1) is 20.9. The summed E-state index contributed by atoms with van der Waals surface area (Å²) in [6.45, 7) is 10.7. The number of hydrogen-bond donors (Lipinski definition) is 2. The van der Waals surface area contributed by atoms with E-state index in [0.717, 1.165) is 27.3 Å². The van der Waals surface area contributed by atoms with Gasteiger partial charge in [0.1, 0.15) is 16.6 Å². The van der Waals surface area contributed by atoms with Gasteiger partial charge >= 0.3 is 6.18 Å². The van der Waals surface area contributed by atoms with Crippen LogP contribution in [0.15, 0.2) is 53.4 Å². The average molecular weight is 670 g/mol. The number of likely N-dealkylation sites (N-methyl/N-ethyl adjacent to an activating group) is 2. The number of sulfonamides is 1. The lowest BCUT2D eigenvalue weighted by Crippen LogP contribution is -2.70. The van der Waals surface area contributed by atoms with Crippen LogP contribution in [-0.4, -0.2) is 90.7 Å². The number of halogens is 4. The van der Waals surface area contributed by atoms with Crippen LogP contribution in [-0.2, 0) is 21.0 Å². The number of aromatic nitrogens is 1. The highest BCUT2D eigenvalue weighted by molar-refractivity contribution is 7.89. The van der Waals surface area contributed by atoms with Crippen LogP contribution < -0.4 is 5.32 Å². The summed E-state index contributed by atoms with van der Waals surface area (Å²) < 4.78 is 67.0. The molecule has 0 saturated carbocycles. The van der Waals surface area contributed by atoms with Crippen LogP contribution in [0, 0.1) is 5.41 Å². The molecule has 9 nitrogen and oxygen atoms in total. The molecule has 1 aromatic heterocycles. The number of hydrogen-bond acceptors (Lipinski definition) is 5. The molecular formula is C31H39ClF3N5O4S. The molecule has 0 radical (unpaired) electrons. The Morgan fingerprint density at radius 1 is 1.11 bits per heavy atom. The van der Waals surface area contributed by atoms with Crippen molar-refractivity contribution in [1.29, 1.82) is 0 Å². The van der Waals surface area contributed by atoms with Gasteiger partial charge in [-0.3, -0.25) is 14.5 Å². The Labute approximate surface area is 266 Å². The molecule has 2 N–H and O–H groups in total. The number of H-pyrrole nitrogens is 1. The van der Waals surface area contributed by atoms with Crippen LogP contribution in [0.25, 0.3) is 10.9 Å². The maximum absolute atomic E-state index is 13.8. The molecule has 4 rings (SSSR count). The lowest BCUT2D eigenvalue weighted by atomic mass is 9.83. The Bertz CT molecular complexity index is 1640. The van der Waals surface area contributed by atoms with Crippen LogP contribution in [0.1, 0.15) is 50.7 Å². The van der Waals surface area contributed by atoms with E-state index in [0.29, 0.717) is 24.8 Å². The highest BCUT2D eigenvalue weighted by Crippen LogP contribution is 2.34. The van der Waals surface area contributed by atoms with Crippen molar-refractivity contribution in [1.82, 2.24) is 24.4 Å². The number of nitrogens with one attached hydrogen (secondary N) is 2. The van der Waals surface area contributed by atoms with Gasteiger partial charge < -0.3 is 15.2 Å². The minimum Gasteiger partial charge on any atom is -0.351 e. The van der Waals surface area contributed by atoms with Gasteiger partial charge in [-0.25, -0.2) is 8.42 Å². The quantitative estimate of drug-likeness (QED) is 0.308. The van der Waals surface area contributed by atoms with E-state index in [9.17, 15) is 31.2 Å². The largest absolute Gasteiger partial charge is 0.416 e. The number of carbonyl (C=O) groups is 2. The van der Waals surface area contributed by atoms with Gasteiger partial charge in [0, 0.05) is 49.7 Å². The molecule has 246 valence electrons. The molecule has 2 amide bonds. The number of amides is 2. The second kappa shape index (κ2) is 12.9. The summed E-state index contributed by atoms with van der Waals surface area (Å²) in [5.74, 6) is -0.602. The normalized spacial score (nSPS) is 18.4. The van der Waals surface area contributed by atoms with E-state index in [1.54, 1.807) is 11.0 Å². The van der Waals surface area contributed by atoms with Gasteiger partial charge in [0.05, 0.1) is 10.6 Å². The van der Waals surface area contributed by atoms with Gasteiger partial charge in [-0.1, -0.05) is 57.5 Å². The fourth-order valence-electron chi connectivity index (χ4n) is 5.51. The van der Waals surface area contributed by atoms with Crippen molar-refractivity contribution < 1.29 is 31.2 Å². The maximum atomic E-state index is 13.8. The Balaban J connectivity index is 1.41. The predicted molar refractivity (Wildman–Crippen MR) is 167 cm³/mol. The molecule has 1 saturated heterocycles. The van der Waals surface area contributed by atoms with E-state index < -0.39 is 38.1 Å². The third-order valence-electron chi connectivity index (χ3n) is 8.40. The first kappa shape index (κ1) is 34.7. The first-order valence-corrected chi connectivity index (χ1v) is 16.4. The van der Waals surface area contributed by atoms with Crippen molar-refractivity contribution in [2.75, 3.05) is 33.2 Å². The highest BCUT2D eigenvalue weighted by atomic mass is 35.5. The topological polar surface area (TPSA) is 106 Å². The van der Waals surface area contributed by atoms with Crippen molar-refractivity contribution in [3.05, 3.63) is 64.8 Å². The summed E-state index contributed by atoms with van der Waals surface area (Å²) in [6, 6.07) is 10.3. The Morgan fingerprint density at radius 3 is 2.36 bits per heavy atom. The van der Waals surface area contributed by atoms with Gasteiger partial charge in [-0.05, 0) is 49.2 Å². The summed E-state index contributed by atoms with van der Waals surface area (Å²) in [7, 11) is -3.02. The van der Waals surface area contributed by atoms with Crippen LogP contribution in [0.2, 0.25) is 5.02 Å².